The fourth-order valence-corrected chi connectivity index (χ4v) is 2.83. The Kier molecular flexibility index (Phi) is 6.86. The second-order valence-corrected chi connectivity index (χ2v) is 6.82. The normalized spacial score (nSPS) is 10.9. The molecule has 0 atom stereocenters. The van der Waals surface area contributed by atoms with Crippen LogP contribution in [-0.4, -0.2) is 5.78 Å². The number of carbonyl (C=O) groups excluding carboxylic acids is 1. The predicted molar refractivity (Wildman–Crippen MR) is 111 cm³/mol. The number of ketones is 1. The lowest BCUT2D eigenvalue weighted by Gasteiger charge is -2.09. The van der Waals surface area contributed by atoms with Crippen LogP contribution in [0.15, 0.2) is 72.9 Å². The van der Waals surface area contributed by atoms with Crippen LogP contribution in [0.2, 0.25) is 10.0 Å². The fourth-order valence-electron chi connectivity index (χ4n) is 2.45. The summed E-state index contributed by atoms with van der Waals surface area (Å²) < 4.78 is 33.0. The topological polar surface area (TPSA) is 38.3 Å². The Morgan fingerprint density at radius 1 is 1.00 bits per heavy atom. The molecule has 0 saturated carbocycles. The van der Waals surface area contributed by atoms with E-state index in [0.29, 0.717) is 11.3 Å². The third-order valence-corrected chi connectivity index (χ3v) is 4.58. The number of hydrogen-bond donors (Lipinski definition) is 1. The Morgan fingerprint density at radius 2 is 1.76 bits per heavy atom. The van der Waals surface area contributed by atoms with Crippen molar-refractivity contribution in [3.8, 4) is 5.75 Å². The molecule has 0 aliphatic rings. The smallest absolute Gasteiger partial charge is 0.187 e. The number of allylic oxidation sites excluding steroid dienone is 1. The number of ether oxygens (including phenoxy) is 1. The molecular formula is C22H15Cl2F2NO2. The zero-order valence-electron chi connectivity index (χ0n) is 15.0. The molecule has 148 valence electrons. The molecule has 0 saturated heterocycles. The second-order valence-electron chi connectivity index (χ2n) is 5.98. The van der Waals surface area contributed by atoms with Crippen LogP contribution < -0.4 is 10.1 Å². The van der Waals surface area contributed by atoms with E-state index in [9.17, 15) is 13.6 Å². The van der Waals surface area contributed by atoms with Gasteiger partial charge in [0, 0.05) is 28.4 Å². The van der Waals surface area contributed by atoms with Crippen molar-refractivity contribution in [2.75, 3.05) is 5.32 Å². The first kappa shape index (κ1) is 20.8. The number of rotatable bonds is 7. The van der Waals surface area contributed by atoms with Gasteiger partial charge in [0.25, 0.3) is 0 Å². The van der Waals surface area contributed by atoms with Gasteiger partial charge in [0.15, 0.2) is 5.78 Å². The van der Waals surface area contributed by atoms with Crippen molar-refractivity contribution in [2.24, 2.45) is 0 Å². The highest BCUT2D eigenvalue weighted by molar-refractivity contribution is 6.31. The molecule has 0 bridgehead atoms. The molecule has 29 heavy (non-hydrogen) atoms. The third-order valence-electron chi connectivity index (χ3n) is 3.99. The first-order valence-corrected chi connectivity index (χ1v) is 9.28. The molecule has 0 spiro atoms. The lowest BCUT2D eigenvalue weighted by atomic mass is 10.1. The summed E-state index contributed by atoms with van der Waals surface area (Å²) in [6, 6.07) is 14.9. The Bertz CT molecular complexity index is 1030. The van der Waals surface area contributed by atoms with E-state index >= 15 is 0 Å². The summed E-state index contributed by atoms with van der Waals surface area (Å²) in [4.78, 5) is 12.2. The Balaban J connectivity index is 1.58. The predicted octanol–water partition coefficient (Wildman–Crippen LogP) is 6.66. The van der Waals surface area contributed by atoms with E-state index in [-0.39, 0.29) is 33.7 Å². The van der Waals surface area contributed by atoms with Crippen LogP contribution in [0, 0.1) is 11.6 Å². The second kappa shape index (κ2) is 9.54. The van der Waals surface area contributed by atoms with Crippen molar-refractivity contribution in [3.05, 3.63) is 106 Å². The summed E-state index contributed by atoms with van der Waals surface area (Å²) in [6.07, 6.45) is 2.63. The van der Waals surface area contributed by atoms with Crippen molar-refractivity contribution in [1.29, 1.82) is 0 Å². The van der Waals surface area contributed by atoms with Crippen molar-refractivity contribution < 1.29 is 18.3 Å². The first-order chi connectivity index (χ1) is 13.9. The molecule has 0 aromatic heterocycles. The molecule has 0 aliphatic carbocycles. The van der Waals surface area contributed by atoms with Gasteiger partial charge in [-0.05, 0) is 54.6 Å². The maximum atomic E-state index is 13.8. The minimum Gasteiger partial charge on any atom is -0.489 e. The number of carbonyl (C=O) groups is 1. The molecule has 0 amide bonds. The van der Waals surface area contributed by atoms with E-state index in [1.54, 1.807) is 30.3 Å². The molecule has 0 heterocycles. The van der Waals surface area contributed by atoms with Gasteiger partial charge in [0.1, 0.15) is 24.0 Å². The molecule has 0 aliphatic heterocycles. The average molecular weight is 434 g/mol. The van der Waals surface area contributed by atoms with Gasteiger partial charge in [-0.15, -0.1) is 0 Å². The molecule has 3 rings (SSSR count). The van der Waals surface area contributed by atoms with Crippen molar-refractivity contribution in [2.45, 2.75) is 6.61 Å². The quantitative estimate of drug-likeness (QED) is 0.334. The summed E-state index contributed by atoms with van der Waals surface area (Å²) in [7, 11) is 0. The number of anilines is 1. The van der Waals surface area contributed by atoms with E-state index in [0.717, 1.165) is 0 Å². The number of benzene rings is 3. The van der Waals surface area contributed by atoms with Crippen LogP contribution >= 0.6 is 23.2 Å². The zero-order chi connectivity index (χ0) is 20.8. The molecule has 3 aromatic carbocycles. The van der Waals surface area contributed by atoms with Crippen molar-refractivity contribution >= 4 is 34.7 Å². The molecule has 3 nitrogen and oxygen atoms in total. The van der Waals surface area contributed by atoms with Gasteiger partial charge in [-0.25, -0.2) is 8.78 Å². The third kappa shape index (κ3) is 5.56. The van der Waals surface area contributed by atoms with Crippen LogP contribution in [-0.2, 0) is 6.61 Å². The maximum Gasteiger partial charge on any atom is 0.187 e. The number of nitrogens with one attached hydrogen (secondary N) is 1. The van der Waals surface area contributed by atoms with Crippen LogP contribution in [0.1, 0.15) is 15.9 Å². The Labute approximate surface area is 176 Å². The number of halogens is 4. The van der Waals surface area contributed by atoms with Crippen molar-refractivity contribution in [1.82, 2.24) is 0 Å². The van der Waals surface area contributed by atoms with Gasteiger partial charge in [-0.3, -0.25) is 4.79 Å². The van der Waals surface area contributed by atoms with Crippen LogP contribution in [0.3, 0.4) is 0 Å². The molecule has 0 radical (unpaired) electrons. The maximum absolute atomic E-state index is 13.8. The van der Waals surface area contributed by atoms with Crippen LogP contribution in [0.4, 0.5) is 14.5 Å². The average Bonchev–Trinajstić information content (AvgIpc) is 2.69. The standard InChI is InChI=1S/C22H15Cl2F2NO2/c23-15-6-9-21(20(26)12-15)27-11-10-22(28)14-4-7-16(8-5-14)29-13-17-18(24)2-1-3-19(17)25/h1-12,27H,13H2. The minimum atomic E-state index is -0.522. The summed E-state index contributed by atoms with van der Waals surface area (Å²) in [5, 5.41) is 3.26. The monoisotopic (exact) mass is 433 g/mol. The van der Waals surface area contributed by atoms with Gasteiger partial charge in [-0.2, -0.15) is 0 Å². The van der Waals surface area contributed by atoms with Crippen LogP contribution in [0.5, 0.6) is 5.75 Å². The Hall–Kier alpha value is -2.89. The lowest BCUT2D eigenvalue weighted by molar-refractivity contribution is 0.104. The summed E-state index contributed by atoms with van der Waals surface area (Å²) >= 11 is 11.7. The zero-order valence-corrected chi connectivity index (χ0v) is 16.5. The van der Waals surface area contributed by atoms with Gasteiger partial charge in [-0.1, -0.05) is 29.3 Å². The molecular weight excluding hydrogens is 419 g/mol. The van der Waals surface area contributed by atoms with Crippen molar-refractivity contribution in [3.63, 3.8) is 0 Å². The summed E-state index contributed by atoms with van der Waals surface area (Å²) in [5.74, 6) is -0.785. The summed E-state index contributed by atoms with van der Waals surface area (Å²) in [6.45, 7) is -0.0325. The Morgan fingerprint density at radius 3 is 2.45 bits per heavy atom. The van der Waals surface area contributed by atoms with E-state index in [2.05, 4.69) is 5.32 Å². The lowest BCUT2D eigenvalue weighted by Crippen LogP contribution is -2.00. The highest BCUT2D eigenvalue weighted by atomic mass is 35.5. The fraction of sp³-hybridized carbons (Fsp3) is 0.0455. The van der Waals surface area contributed by atoms with Gasteiger partial charge in [0.05, 0.1) is 10.7 Å². The molecule has 7 heteroatoms. The number of hydrogen-bond acceptors (Lipinski definition) is 3. The highest BCUT2D eigenvalue weighted by Crippen LogP contribution is 2.22. The van der Waals surface area contributed by atoms with Gasteiger partial charge in [0.2, 0.25) is 0 Å². The van der Waals surface area contributed by atoms with E-state index < -0.39 is 11.6 Å². The van der Waals surface area contributed by atoms with E-state index in [1.807, 2.05) is 0 Å². The van der Waals surface area contributed by atoms with Gasteiger partial charge >= 0.3 is 0 Å². The SMILES string of the molecule is O=C(C=CNc1ccc(Cl)cc1F)c1ccc(OCc2c(F)cccc2Cl)cc1. The summed E-state index contributed by atoms with van der Waals surface area (Å²) in [5.41, 5.74) is 0.877. The molecule has 3 aromatic rings. The van der Waals surface area contributed by atoms with Crippen LogP contribution in [0.25, 0.3) is 0 Å². The minimum absolute atomic E-state index is 0.0325. The first-order valence-electron chi connectivity index (χ1n) is 8.52. The molecule has 0 unspecified atom stereocenters. The van der Waals surface area contributed by atoms with E-state index in [4.69, 9.17) is 27.9 Å². The molecule has 0 fully saturated rings. The van der Waals surface area contributed by atoms with Gasteiger partial charge < -0.3 is 10.1 Å². The largest absolute Gasteiger partial charge is 0.489 e. The van der Waals surface area contributed by atoms with E-state index in [1.165, 1.54) is 42.6 Å². The highest BCUT2D eigenvalue weighted by Gasteiger charge is 2.08. The molecule has 1 N–H and O–H groups in total.